The molecule has 3 N–H and O–H groups in total. The summed E-state index contributed by atoms with van der Waals surface area (Å²) in [5.41, 5.74) is 1.47. The first-order valence-electron chi connectivity index (χ1n) is 11.6. The number of carboxylic acid groups (broad SMARTS) is 1. The maximum absolute atomic E-state index is 10.7. The molecule has 0 saturated heterocycles. The summed E-state index contributed by atoms with van der Waals surface area (Å²) < 4.78 is 0. The molecule has 0 spiro atoms. The number of para-hydroxylation sites is 1. The Morgan fingerprint density at radius 1 is 0.875 bits per heavy atom. The molecule has 0 saturated carbocycles. The number of aliphatic carboxylic acids is 1. The van der Waals surface area contributed by atoms with Crippen LogP contribution >= 0.6 is 0 Å². The first kappa shape index (κ1) is 32.8. The minimum Gasteiger partial charge on any atom is -0.550 e. The summed E-state index contributed by atoms with van der Waals surface area (Å²) in [6, 6.07) is 5.94. The molecule has 0 atom stereocenters. The molecule has 0 aliphatic carbocycles. The molecule has 0 bridgehead atoms. The van der Waals surface area contributed by atoms with E-state index in [2.05, 4.69) is 19.1 Å². The fourth-order valence-electron chi connectivity index (χ4n) is 3.07. The third kappa shape index (κ3) is 20.6. The van der Waals surface area contributed by atoms with Crippen molar-refractivity contribution >= 4 is 11.9 Å². The van der Waals surface area contributed by atoms with E-state index in [1.165, 1.54) is 81.8 Å². The van der Waals surface area contributed by atoms with Gasteiger partial charge in [-0.05, 0) is 50.7 Å². The number of phenols is 1. The zero-order chi connectivity index (χ0) is 23.2. The zero-order valence-corrected chi connectivity index (χ0v) is 22.0. The summed E-state index contributed by atoms with van der Waals surface area (Å²) in [6.07, 6.45) is 20.9. The summed E-state index contributed by atoms with van der Waals surface area (Å²) in [7, 11) is 0. The van der Waals surface area contributed by atoms with Crippen LogP contribution in [0.5, 0.6) is 5.75 Å². The first-order valence-corrected chi connectivity index (χ1v) is 11.6. The number of hydroxylamine groups is 1. The smallest absolute Gasteiger partial charge is 0.550 e. The number of carbonyl (C=O) groups excluding carboxylic acids is 2. The van der Waals surface area contributed by atoms with Crippen LogP contribution in [0.15, 0.2) is 36.4 Å². The van der Waals surface area contributed by atoms with Gasteiger partial charge in [-0.3, -0.25) is 10.0 Å². The van der Waals surface area contributed by atoms with Crippen molar-refractivity contribution in [3.8, 4) is 5.75 Å². The third-order valence-corrected chi connectivity index (χ3v) is 4.89. The average molecular weight is 458 g/mol. The van der Waals surface area contributed by atoms with Crippen LogP contribution in [0, 0.1) is 0 Å². The van der Waals surface area contributed by atoms with Crippen LogP contribution in [0.2, 0.25) is 0 Å². The summed E-state index contributed by atoms with van der Waals surface area (Å²) in [4.78, 5) is 20.9. The van der Waals surface area contributed by atoms with E-state index in [4.69, 9.17) is 10.3 Å². The number of nitrogens with one attached hydrogen (secondary N) is 1. The molecule has 0 aromatic heterocycles. The number of benzene rings is 1. The molecular formula is C25H40NNaO5. The van der Waals surface area contributed by atoms with Gasteiger partial charge < -0.3 is 15.0 Å². The van der Waals surface area contributed by atoms with Crippen molar-refractivity contribution in [1.82, 2.24) is 5.48 Å². The van der Waals surface area contributed by atoms with Gasteiger partial charge in [-0.25, -0.2) is 5.48 Å². The molecule has 0 heterocycles. The molecule has 0 unspecified atom stereocenters. The van der Waals surface area contributed by atoms with E-state index < -0.39 is 11.9 Å². The van der Waals surface area contributed by atoms with Crippen LogP contribution in [-0.4, -0.2) is 22.2 Å². The Balaban J connectivity index is 0. The van der Waals surface area contributed by atoms with Crippen molar-refractivity contribution in [3.63, 3.8) is 0 Å². The SMILES string of the molecule is CCCCCCCC/C=C\CCCCCCCC(=O)[O-].O=C(NO)c1ccccc1O.[Na+]. The summed E-state index contributed by atoms with van der Waals surface area (Å²) in [5.74, 6) is -1.79. The first-order chi connectivity index (χ1) is 15.0. The summed E-state index contributed by atoms with van der Waals surface area (Å²) >= 11 is 0. The minimum absolute atomic E-state index is 0. The van der Waals surface area contributed by atoms with E-state index >= 15 is 0 Å². The maximum Gasteiger partial charge on any atom is 1.00 e. The molecule has 6 nitrogen and oxygen atoms in total. The Morgan fingerprint density at radius 3 is 1.88 bits per heavy atom. The second-order valence-corrected chi connectivity index (χ2v) is 7.66. The second-order valence-electron chi connectivity index (χ2n) is 7.66. The van der Waals surface area contributed by atoms with Crippen molar-refractivity contribution in [2.75, 3.05) is 0 Å². The van der Waals surface area contributed by atoms with Gasteiger partial charge in [0, 0.05) is 5.97 Å². The van der Waals surface area contributed by atoms with E-state index in [9.17, 15) is 14.7 Å². The van der Waals surface area contributed by atoms with Crippen molar-refractivity contribution in [1.29, 1.82) is 0 Å². The number of carboxylic acids is 1. The minimum atomic E-state index is -0.914. The fourth-order valence-corrected chi connectivity index (χ4v) is 3.07. The van der Waals surface area contributed by atoms with Gasteiger partial charge in [0.25, 0.3) is 5.91 Å². The van der Waals surface area contributed by atoms with E-state index in [0.717, 1.165) is 19.3 Å². The Hall–Kier alpha value is -1.34. The van der Waals surface area contributed by atoms with Crippen molar-refractivity contribution in [2.45, 2.75) is 96.8 Å². The number of carbonyl (C=O) groups is 2. The van der Waals surface area contributed by atoms with Gasteiger partial charge in [0.1, 0.15) is 5.75 Å². The monoisotopic (exact) mass is 457 g/mol. The standard InChI is InChI=1S/C18H34O2.C7H7NO3.Na/c1-2-3-4-5-6-7-8-9-10-11-12-13-14-15-16-17-18(19)20;9-6-4-2-1-3-5(6)7(10)8-11;/h9-10H,2-8,11-17H2,1H3,(H,19,20);1-4,9,11H,(H,8,10);/q;;+1/p-1/b10-9-;;. The number of unbranched alkanes of at least 4 members (excludes halogenated alkanes) is 11. The van der Waals surface area contributed by atoms with Crippen molar-refractivity contribution in [3.05, 3.63) is 42.0 Å². The molecular weight excluding hydrogens is 417 g/mol. The predicted octanol–water partition coefficient (Wildman–Crippen LogP) is 2.29. The van der Waals surface area contributed by atoms with Crippen molar-refractivity contribution in [2.24, 2.45) is 0 Å². The topological polar surface area (TPSA) is 110 Å². The number of amides is 1. The molecule has 7 heteroatoms. The van der Waals surface area contributed by atoms with Gasteiger partial charge >= 0.3 is 29.6 Å². The normalized spacial score (nSPS) is 10.2. The average Bonchev–Trinajstić information content (AvgIpc) is 2.76. The third-order valence-electron chi connectivity index (χ3n) is 4.89. The van der Waals surface area contributed by atoms with Gasteiger partial charge in [-0.2, -0.15) is 0 Å². The number of hydrogen-bond acceptors (Lipinski definition) is 5. The van der Waals surface area contributed by atoms with Gasteiger partial charge in [-0.15, -0.1) is 0 Å². The molecule has 1 rings (SSSR count). The number of aromatic hydroxyl groups is 1. The van der Waals surface area contributed by atoms with Crippen LogP contribution in [0.25, 0.3) is 0 Å². The number of rotatable bonds is 16. The number of phenolic OH excluding ortho intramolecular Hbond substituents is 1. The van der Waals surface area contributed by atoms with Crippen LogP contribution < -0.4 is 40.1 Å². The van der Waals surface area contributed by atoms with E-state index in [0.29, 0.717) is 0 Å². The molecule has 0 fully saturated rings. The van der Waals surface area contributed by atoms with Crippen LogP contribution in [0.1, 0.15) is 107 Å². The maximum atomic E-state index is 10.7. The summed E-state index contributed by atoms with van der Waals surface area (Å²) in [6.45, 7) is 2.26. The molecule has 0 radical (unpaired) electrons. The molecule has 0 aliphatic rings. The predicted molar refractivity (Wildman–Crippen MR) is 122 cm³/mol. The quantitative estimate of drug-likeness (QED) is 0.116. The Kier molecular flexibility index (Phi) is 24.9. The fraction of sp³-hybridized carbons (Fsp3) is 0.600. The zero-order valence-electron chi connectivity index (χ0n) is 20.0. The largest absolute Gasteiger partial charge is 1.00 e. The van der Waals surface area contributed by atoms with Crippen molar-refractivity contribution < 1.29 is 54.6 Å². The van der Waals surface area contributed by atoms with Gasteiger partial charge in [0.05, 0.1) is 5.56 Å². The van der Waals surface area contributed by atoms with E-state index in [1.807, 2.05) is 0 Å². The second kappa shape index (κ2) is 24.3. The molecule has 1 aromatic rings. The van der Waals surface area contributed by atoms with Crippen LogP contribution in [0.3, 0.4) is 0 Å². The van der Waals surface area contributed by atoms with E-state index in [-0.39, 0.29) is 47.3 Å². The van der Waals surface area contributed by atoms with Gasteiger partial charge in [-0.1, -0.05) is 82.6 Å². The molecule has 1 amide bonds. The Labute approximate surface area is 215 Å². The molecule has 176 valence electrons. The van der Waals surface area contributed by atoms with Gasteiger partial charge in [0.2, 0.25) is 0 Å². The van der Waals surface area contributed by atoms with E-state index in [1.54, 1.807) is 12.1 Å². The van der Waals surface area contributed by atoms with Gasteiger partial charge in [0.15, 0.2) is 0 Å². The van der Waals surface area contributed by atoms with Crippen LogP contribution in [0.4, 0.5) is 0 Å². The Bertz CT molecular complexity index is 622. The molecule has 0 aliphatic heterocycles. The summed E-state index contributed by atoms with van der Waals surface area (Å²) in [5, 5.41) is 27.5. The molecule has 1 aromatic carbocycles. The van der Waals surface area contributed by atoms with Crippen LogP contribution in [-0.2, 0) is 4.79 Å². The Morgan fingerprint density at radius 2 is 1.38 bits per heavy atom. The number of allylic oxidation sites excluding steroid dienone is 2. The molecule has 32 heavy (non-hydrogen) atoms. The number of hydrogen-bond donors (Lipinski definition) is 3.